The lowest BCUT2D eigenvalue weighted by Gasteiger charge is -2.44. The molecule has 4 unspecified atom stereocenters. The van der Waals surface area contributed by atoms with Gasteiger partial charge in [0.25, 0.3) is 0 Å². The van der Waals surface area contributed by atoms with Crippen LogP contribution in [0.15, 0.2) is 0 Å². The Labute approximate surface area is 93.4 Å². The van der Waals surface area contributed by atoms with Crippen LogP contribution in [0.2, 0.25) is 0 Å². The molecule has 1 nitrogen and oxygen atoms in total. The fourth-order valence-electron chi connectivity index (χ4n) is 3.08. The van der Waals surface area contributed by atoms with Crippen molar-refractivity contribution in [3.05, 3.63) is 0 Å². The molecule has 1 aliphatic carbocycles. The molecule has 0 radical (unpaired) electrons. The Morgan fingerprint density at radius 3 is 2.64 bits per heavy atom. The first-order chi connectivity index (χ1) is 6.68. The van der Waals surface area contributed by atoms with E-state index < -0.39 is 0 Å². The standard InChI is InChI=1S/C12H23NS/c1-8(2)10-7-6-9-4-3-5-11(14)12(9)13-10/h8-14H,3-7H2,1-2H3. The molecular formula is C12H23NS. The van der Waals surface area contributed by atoms with Crippen LogP contribution >= 0.6 is 12.6 Å². The number of piperidine rings is 1. The summed E-state index contributed by atoms with van der Waals surface area (Å²) in [6, 6.07) is 1.44. The summed E-state index contributed by atoms with van der Waals surface area (Å²) < 4.78 is 0. The third-order valence-electron chi connectivity index (χ3n) is 4.06. The quantitative estimate of drug-likeness (QED) is 0.638. The summed E-state index contributed by atoms with van der Waals surface area (Å²) in [5, 5.41) is 4.43. The van der Waals surface area contributed by atoms with Crippen molar-refractivity contribution in [1.29, 1.82) is 0 Å². The van der Waals surface area contributed by atoms with Crippen LogP contribution in [0.4, 0.5) is 0 Å². The Balaban J connectivity index is 1.98. The van der Waals surface area contributed by atoms with Gasteiger partial charge in [0.05, 0.1) is 0 Å². The monoisotopic (exact) mass is 213 g/mol. The van der Waals surface area contributed by atoms with E-state index in [-0.39, 0.29) is 0 Å². The van der Waals surface area contributed by atoms with Crippen LogP contribution in [0.5, 0.6) is 0 Å². The summed E-state index contributed by atoms with van der Waals surface area (Å²) in [5.41, 5.74) is 0. The van der Waals surface area contributed by atoms with Gasteiger partial charge in [0.15, 0.2) is 0 Å². The molecule has 0 bridgehead atoms. The molecule has 0 aromatic carbocycles. The summed E-state index contributed by atoms with van der Waals surface area (Å²) in [6.45, 7) is 4.66. The molecule has 0 spiro atoms. The van der Waals surface area contributed by atoms with Gasteiger partial charge in [-0.25, -0.2) is 0 Å². The first kappa shape index (κ1) is 10.8. The van der Waals surface area contributed by atoms with Gasteiger partial charge in [-0.05, 0) is 37.5 Å². The van der Waals surface area contributed by atoms with E-state index in [2.05, 4.69) is 19.2 Å². The Kier molecular flexibility index (Phi) is 3.43. The number of nitrogens with one attached hydrogen (secondary N) is 1. The minimum absolute atomic E-state index is 0.607. The zero-order chi connectivity index (χ0) is 10.1. The number of thiol groups is 1. The predicted octanol–water partition coefficient (Wildman–Crippen LogP) is 2.86. The van der Waals surface area contributed by atoms with Gasteiger partial charge in [-0.3, -0.25) is 0 Å². The molecule has 0 aromatic heterocycles. The van der Waals surface area contributed by atoms with Crippen molar-refractivity contribution in [1.82, 2.24) is 5.32 Å². The van der Waals surface area contributed by atoms with Crippen molar-refractivity contribution >= 4 is 12.6 Å². The van der Waals surface area contributed by atoms with Gasteiger partial charge in [-0.1, -0.05) is 20.3 Å². The number of hydrogen-bond donors (Lipinski definition) is 2. The van der Waals surface area contributed by atoms with Gasteiger partial charge >= 0.3 is 0 Å². The minimum Gasteiger partial charge on any atom is -0.310 e. The maximum atomic E-state index is 4.73. The molecular weight excluding hydrogens is 190 g/mol. The Hall–Kier alpha value is 0.310. The highest BCUT2D eigenvalue weighted by Gasteiger charge is 2.36. The average molecular weight is 213 g/mol. The maximum absolute atomic E-state index is 4.73. The highest BCUT2D eigenvalue weighted by Crippen LogP contribution is 2.35. The maximum Gasteiger partial charge on any atom is 0.0214 e. The van der Waals surface area contributed by atoms with E-state index >= 15 is 0 Å². The summed E-state index contributed by atoms with van der Waals surface area (Å²) in [5.74, 6) is 1.69. The van der Waals surface area contributed by atoms with Crippen molar-refractivity contribution in [2.75, 3.05) is 0 Å². The zero-order valence-corrected chi connectivity index (χ0v) is 10.3. The van der Waals surface area contributed by atoms with E-state index in [0.717, 1.165) is 17.9 Å². The molecule has 0 aromatic rings. The largest absolute Gasteiger partial charge is 0.310 e. The SMILES string of the molecule is CC(C)C1CCC2CCCC(S)C2N1. The van der Waals surface area contributed by atoms with E-state index in [9.17, 15) is 0 Å². The van der Waals surface area contributed by atoms with Crippen LogP contribution in [0.25, 0.3) is 0 Å². The summed E-state index contributed by atoms with van der Waals surface area (Å²) >= 11 is 4.73. The van der Waals surface area contributed by atoms with E-state index in [0.29, 0.717) is 11.3 Å². The Morgan fingerprint density at radius 1 is 1.14 bits per heavy atom. The van der Waals surface area contributed by atoms with Crippen LogP contribution in [-0.4, -0.2) is 17.3 Å². The van der Waals surface area contributed by atoms with Gasteiger partial charge < -0.3 is 5.32 Å². The molecule has 4 atom stereocenters. The Morgan fingerprint density at radius 2 is 1.93 bits per heavy atom. The summed E-state index contributed by atoms with van der Waals surface area (Å²) in [4.78, 5) is 0. The molecule has 82 valence electrons. The van der Waals surface area contributed by atoms with Crippen LogP contribution in [0.1, 0.15) is 46.0 Å². The molecule has 2 rings (SSSR count). The molecule has 2 heteroatoms. The normalized spacial score (nSPS) is 43.7. The molecule has 2 fully saturated rings. The third-order valence-corrected chi connectivity index (χ3v) is 4.64. The highest BCUT2D eigenvalue weighted by molar-refractivity contribution is 7.81. The van der Waals surface area contributed by atoms with E-state index in [1.54, 1.807) is 0 Å². The van der Waals surface area contributed by atoms with E-state index in [1.807, 2.05) is 0 Å². The second-order valence-corrected chi connectivity index (χ2v) is 6.04. The number of hydrogen-bond acceptors (Lipinski definition) is 2. The van der Waals surface area contributed by atoms with Gasteiger partial charge in [0, 0.05) is 17.3 Å². The molecule has 1 aliphatic heterocycles. The van der Waals surface area contributed by atoms with Crippen molar-refractivity contribution in [3.63, 3.8) is 0 Å². The van der Waals surface area contributed by atoms with E-state index in [4.69, 9.17) is 12.6 Å². The molecule has 0 amide bonds. The fourth-order valence-corrected chi connectivity index (χ4v) is 3.60. The first-order valence-corrected chi connectivity index (χ1v) is 6.64. The van der Waals surface area contributed by atoms with Crippen LogP contribution in [0.3, 0.4) is 0 Å². The molecule has 1 saturated heterocycles. The smallest absolute Gasteiger partial charge is 0.0214 e. The summed E-state index contributed by atoms with van der Waals surface area (Å²) in [7, 11) is 0. The van der Waals surface area contributed by atoms with Crippen molar-refractivity contribution < 1.29 is 0 Å². The third kappa shape index (κ3) is 2.11. The van der Waals surface area contributed by atoms with Gasteiger partial charge in [-0.2, -0.15) is 12.6 Å². The number of rotatable bonds is 1. The van der Waals surface area contributed by atoms with Crippen molar-refractivity contribution in [2.45, 2.75) is 63.3 Å². The lowest BCUT2D eigenvalue weighted by Crippen LogP contribution is -2.55. The second kappa shape index (κ2) is 4.44. The molecule has 2 aliphatic rings. The fraction of sp³-hybridized carbons (Fsp3) is 1.00. The van der Waals surface area contributed by atoms with Gasteiger partial charge in [0.1, 0.15) is 0 Å². The van der Waals surface area contributed by atoms with E-state index in [1.165, 1.54) is 32.1 Å². The highest BCUT2D eigenvalue weighted by atomic mass is 32.1. The predicted molar refractivity (Wildman–Crippen MR) is 64.9 cm³/mol. The lowest BCUT2D eigenvalue weighted by molar-refractivity contribution is 0.161. The van der Waals surface area contributed by atoms with Crippen LogP contribution < -0.4 is 5.32 Å². The van der Waals surface area contributed by atoms with Crippen molar-refractivity contribution in [2.24, 2.45) is 11.8 Å². The topological polar surface area (TPSA) is 12.0 Å². The Bertz CT molecular complexity index is 193. The minimum atomic E-state index is 0.607. The van der Waals surface area contributed by atoms with Crippen LogP contribution in [-0.2, 0) is 0 Å². The lowest BCUT2D eigenvalue weighted by atomic mass is 9.76. The molecule has 1 N–H and O–H groups in total. The van der Waals surface area contributed by atoms with Crippen molar-refractivity contribution in [3.8, 4) is 0 Å². The molecule has 1 saturated carbocycles. The molecule has 1 heterocycles. The number of fused-ring (bicyclic) bond motifs is 1. The van der Waals surface area contributed by atoms with Gasteiger partial charge in [0.2, 0.25) is 0 Å². The summed E-state index contributed by atoms with van der Waals surface area (Å²) in [6.07, 6.45) is 6.93. The first-order valence-electron chi connectivity index (χ1n) is 6.12. The zero-order valence-electron chi connectivity index (χ0n) is 9.37. The second-order valence-electron chi connectivity index (χ2n) is 5.38. The van der Waals surface area contributed by atoms with Crippen LogP contribution in [0, 0.1) is 11.8 Å². The average Bonchev–Trinajstić information content (AvgIpc) is 2.18. The van der Waals surface area contributed by atoms with Gasteiger partial charge in [-0.15, -0.1) is 0 Å². The molecule has 14 heavy (non-hydrogen) atoms.